The SMILES string of the molecule is NC(=O)NC(=O)CCSCc1coc(-c2ccccc2Cl)n1. The van der Waals surface area contributed by atoms with Gasteiger partial charge in [-0.3, -0.25) is 10.1 Å². The molecule has 0 saturated carbocycles. The number of rotatable bonds is 6. The number of oxazole rings is 1. The molecule has 22 heavy (non-hydrogen) atoms. The van der Waals surface area contributed by atoms with Gasteiger partial charge in [-0.1, -0.05) is 23.7 Å². The van der Waals surface area contributed by atoms with Crippen LogP contribution in [0.1, 0.15) is 12.1 Å². The molecule has 0 saturated heterocycles. The highest BCUT2D eigenvalue weighted by Gasteiger charge is 2.10. The Hall–Kier alpha value is -1.99. The Morgan fingerprint density at radius 3 is 2.86 bits per heavy atom. The number of carbonyl (C=O) groups is 2. The summed E-state index contributed by atoms with van der Waals surface area (Å²) in [6.07, 6.45) is 1.78. The first-order chi connectivity index (χ1) is 10.6. The van der Waals surface area contributed by atoms with E-state index < -0.39 is 11.9 Å². The van der Waals surface area contributed by atoms with Crippen LogP contribution in [0.3, 0.4) is 0 Å². The van der Waals surface area contributed by atoms with Gasteiger partial charge < -0.3 is 10.2 Å². The first-order valence-electron chi connectivity index (χ1n) is 6.42. The van der Waals surface area contributed by atoms with E-state index in [1.165, 1.54) is 11.8 Å². The second-order valence-corrected chi connectivity index (χ2v) is 5.85. The quantitative estimate of drug-likeness (QED) is 0.788. The van der Waals surface area contributed by atoms with Crippen molar-refractivity contribution in [2.45, 2.75) is 12.2 Å². The van der Waals surface area contributed by atoms with Crippen LogP contribution in [0, 0.1) is 0 Å². The van der Waals surface area contributed by atoms with Crippen LogP contribution in [-0.4, -0.2) is 22.7 Å². The summed E-state index contributed by atoms with van der Waals surface area (Å²) in [5, 5.41) is 2.59. The highest BCUT2D eigenvalue weighted by molar-refractivity contribution is 7.98. The van der Waals surface area contributed by atoms with Crippen molar-refractivity contribution >= 4 is 35.3 Å². The van der Waals surface area contributed by atoms with E-state index in [2.05, 4.69) is 4.98 Å². The second kappa shape index (κ2) is 7.86. The molecule has 0 unspecified atom stereocenters. The number of aromatic nitrogens is 1. The van der Waals surface area contributed by atoms with E-state index in [1.807, 2.05) is 23.5 Å². The molecule has 0 bridgehead atoms. The summed E-state index contributed by atoms with van der Waals surface area (Å²) in [5.41, 5.74) is 6.34. The van der Waals surface area contributed by atoms with E-state index >= 15 is 0 Å². The van der Waals surface area contributed by atoms with Gasteiger partial charge in [0, 0.05) is 17.9 Å². The molecule has 2 rings (SSSR count). The van der Waals surface area contributed by atoms with Crippen LogP contribution in [0.25, 0.3) is 11.5 Å². The molecule has 3 N–H and O–H groups in total. The van der Waals surface area contributed by atoms with E-state index in [4.69, 9.17) is 21.8 Å². The molecule has 1 heterocycles. The second-order valence-electron chi connectivity index (χ2n) is 4.34. The Morgan fingerprint density at radius 2 is 2.14 bits per heavy atom. The number of imide groups is 1. The smallest absolute Gasteiger partial charge is 0.318 e. The average Bonchev–Trinajstić information content (AvgIpc) is 2.92. The lowest BCUT2D eigenvalue weighted by molar-refractivity contribution is -0.119. The van der Waals surface area contributed by atoms with E-state index in [1.54, 1.807) is 12.3 Å². The van der Waals surface area contributed by atoms with Crippen LogP contribution in [0.2, 0.25) is 5.02 Å². The summed E-state index contributed by atoms with van der Waals surface area (Å²) >= 11 is 7.59. The summed E-state index contributed by atoms with van der Waals surface area (Å²) < 4.78 is 5.41. The van der Waals surface area contributed by atoms with Crippen molar-refractivity contribution in [3.63, 3.8) is 0 Å². The van der Waals surface area contributed by atoms with Gasteiger partial charge in [0.05, 0.1) is 16.3 Å². The molecule has 1 aromatic carbocycles. The predicted molar refractivity (Wildman–Crippen MR) is 85.5 cm³/mol. The number of hydrogen-bond acceptors (Lipinski definition) is 5. The molecule has 0 atom stereocenters. The van der Waals surface area contributed by atoms with Gasteiger partial charge >= 0.3 is 6.03 Å². The maximum atomic E-state index is 11.2. The Morgan fingerprint density at radius 1 is 1.36 bits per heavy atom. The number of hydrogen-bond donors (Lipinski definition) is 2. The zero-order valence-corrected chi connectivity index (χ0v) is 13.1. The van der Waals surface area contributed by atoms with Gasteiger partial charge in [-0.25, -0.2) is 9.78 Å². The van der Waals surface area contributed by atoms with Crippen molar-refractivity contribution in [3.8, 4) is 11.5 Å². The predicted octanol–water partition coefficient (Wildman–Crippen LogP) is 2.81. The molecule has 6 nitrogen and oxygen atoms in total. The monoisotopic (exact) mass is 339 g/mol. The highest BCUT2D eigenvalue weighted by Crippen LogP contribution is 2.27. The van der Waals surface area contributed by atoms with Crippen molar-refractivity contribution in [1.29, 1.82) is 0 Å². The molecule has 0 aliphatic heterocycles. The lowest BCUT2D eigenvalue weighted by atomic mass is 10.2. The fourth-order valence-electron chi connectivity index (χ4n) is 1.67. The average molecular weight is 340 g/mol. The maximum Gasteiger partial charge on any atom is 0.318 e. The fraction of sp³-hybridized carbons (Fsp3) is 0.214. The minimum atomic E-state index is -0.837. The van der Waals surface area contributed by atoms with E-state index in [0.717, 1.165) is 11.3 Å². The molecule has 0 radical (unpaired) electrons. The standard InChI is InChI=1S/C14H14ClN3O3S/c15-11-4-2-1-3-10(11)13-17-9(7-21-13)8-22-6-5-12(19)18-14(16)20/h1-4,7H,5-6,8H2,(H3,16,18,19,20). The van der Waals surface area contributed by atoms with Crippen molar-refractivity contribution in [2.24, 2.45) is 5.73 Å². The number of nitrogens with one attached hydrogen (secondary N) is 1. The number of amides is 3. The van der Waals surface area contributed by atoms with Crippen molar-refractivity contribution in [2.75, 3.05) is 5.75 Å². The number of thioether (sulfide) groups is 1. The van der Waals surface area contributed by atoms with Gasteiger partial charge in [0.15, 0.2) is 0 Å². The van der Waals surface area contributed by atoms with Crippen LogP contribution in [0.15, 0.2) is 34.9 Å². The van der Waals surface area contributed by atoms with Crippen LogP contribution < -0.4 is 11.1 Å². The van der Waals surface area contributed by atoms with Crippen LogP contribution in [0.5, 0.6) is 0 Å². The molecule has 1 aromatic heterocycles. The number of urea groups is 1. The molecule has 3 amide bonds. The zero-order chi connectivity index (χ0) is 15.9. The molecule has 0 fully saturated rings. The lowest BCUT2D eigenvalue weighted by Crippen LogP contribution is -2.35. The van der Waals surface area contributed by atoms with Gasteiger partial charge in [0.2, 0.25) is 11.8 Å². The normalized spacial score (nSPS) is 10.4. The van der Waals surface area contributed by atoms with Crippen molar-refractivity contribution in [3.05, 3.63) is 41.2 Å². The molecule has 116 valence electrons. The Labute approximate surface area is 136 Å². The Bertz CT molecular complexity index is 675. The molecular weight excluding hydrogens is 326 g/mol. The maximum absolute atomic E-state index is 11.2. The van der Waals surface area contributed by atoms with Gasteiger partial charge in [-0.05, 0) is 12.1 Å². The molecule has 2 aromatic rings. The number of halogens is 1. The lowest BCUT2D eigenvalue weighted by Gasteiger charge is -2.00. The Kier molecular flexibility index (Phi) is 5.85. The molecule has 8 heteroatoms. The largest absolute Gasteiger partial charge is 0.444 e. The number of nitrogens with two attached hydrogens (primary N) is 1. The molecule has 0 aliphatic carbocycles. The summed E-state index contributed by atoms with van der Waals surface area (Å²) in [4.78, 5) is 26.1. The van der Waals surface area contributed by atoms with E-state index in [9.17, 15) is 9.59 Å². The van der Waals surface area contributed by atoms with Gasteiger partial charge in [0.1, 0.15) is 6.26 Å². The fourth-order valence-corrected chi connectivity index (χ4v) is 2.71. The van der Waals surface area contributed by atoms with Gasteiger partial charge in [-0.15, -0.1) is 0 Å². The third kappa shape index (κ3) is 4.78. The van der Waals surface area contributed by atoms with Gasteiger partial charge in [0.25, 0.3) is 0 Å². The first-order valence-corrected chi connectivity index (χ1v) is 7.96. The van der Waals surface area contributed by atoms with E-state index in [0.29, 0.717) is 22.4 Å². The summed E-state index contributed by atoms with van der Waals surface area (Å²) in [6.45, 7) is 0. The minimum absolute atomic E-state index is 0.211. The Balaban J connectivity index is 1.82. The first kappa shape index (κ1) is 16.4. The zero-order valence-electron chi connectivity index (χ0n) is 11.5. The summed E-state index contributed by atoms with van der Waals surface area (Å²) in [5.74, 6) is 1.22. The number of primary amides is 1. The third-order valence-electron chi connectivity index (χ3n) is 2.64. The van der Waals surface area contributed by atoms with Crippen molar-refractivity contribution in [1.82, 2.24) is 10.3 Å². The summed E-state index contributed by atoms with van der Waals surface area (Å²) in [7, 11) is 0. The van der Waals surface area contributed by atoms with Gasteiger partial charge in [-0.2, -0.15) is 11.8 Å². The third-order valence-corrected chi connectivity index (χ3v) is 3.96. The molecular formula is C14H14ClN3O3S. The number of benzene rings is 1. The molecule has 0 spiro atoms. The highest BCUT2D eigenvalue weighted by atomic mass is 35.5. The summed E-state index contributed by atoms with van der Waals surface area (Å²) in [6, 6.07) is 6.46. The number of nitrogens with zero attached hydrogens (tertiary/aromatic N) is 1. The topological polar surface area (TPSA) is 98.2 Å². The van der Waals surface area contributed by atoms with Crippen LogP contribution >= 0.6 is 23.4 Å². The van der Waals surface area contributed by atoms with Crippen molar-refractivity contribution < 1.29 is 14.0 Å². The molecule has 0 aliphatic rings. The van der Waals surface area contributed by atoms with E-state index in [-0.39, 0.29) is 6.42 Å². The van der Waals surface area contributed by atoms with Crippen LogP contribution in [0.4, 0.5) is 4.79 Å². The minimum Gasteiger partial charge on any atom is -0.444 e. The van der Waals surface area contributed by atoms with Crippen LogP contribution in [-0.2, 0) is 10.5 Å². The number of carbonyl (C=O) groups excluding carboxylic acids is 2.